The molecule has 0 unspecified atom stereocenters. The molecule has 150 valence electrons. The summed E-state index contributed by atoms with van der Waals surface area (Å²) in [5, 5.41) is 23.8. The molecule has 2 aromatic carbocycles. The highest BCUT2D eigenvalue weighted by Gasteiger charge is 2.04. The lowest BCUT2D eigenvalue weighted by molar-refractivity contribution is -0.385. The summed E-state index contributed by atoms with van der Waals surface area (Å²) in [7, 11) is 0. The van der Waals surface area contributed by atoms with Gasteiger partial charge in [-0.2, -0.15) is 0 Å². The van der Waals surface area contributed by atoms with Gasteiger partial charge in [0.15, 0.2) is 0 Å². The average Bonchev–Trinajstić information content (AvgIpc) is 2.67. The molecule has 3 N–H and O–H groups in total. The van der Waals surface area contributed by atoms with Crippen LogP contribution in [-0.2, 0) is 6.54 Å². The molecule has 0 radical (unpaired) electrons. The van der Waals surface area contributed by atoms with E-state index in [-0.39, 0.29) is 11.4 Å². The average molecular weight is 395 g/mol. The SMILES string of the molecule is Cc1cc(C)nc(CNc2ccc([N+](=O)[O-])cc2)c1.Nc1ccc([N+](=O)[O-])cc1. The molecule has 29 heavy (non-hydrogen) atoms. The second-order valence-corrected chi connectivity index (χ2v) is 6.28. The highest BCUT2D eigenvalue weighted by Crippen LogP contribution is 2.16. The molecule has 0 aliphatic rings. The number of nitrogens with zero attached hydrogens (tertiary/aromatic N) is 3. The molecular weight excluding hydrogens is 374 g/mol. The zero-order valence-corrected chi connectivity index (χ0v) is 16.0. The van der Waals surface area contributed by atoms with Crippen LogP contribution in [0.15, 0.2) is 60.7 Å². The lowest BCUT2D eigenvalue weighted by Gasteiger charge is -2.07. The molecule has 0 amide bonds. The number of nitro groups is 2. The number of pyridine rings is 1. The van der Waals surface area contributed by atoms with E-state index in [1.165, 1.54) is 42.0 Å². The number of nitrogens with one attached hydrogen (secondary N) is 1. The van der Waals surface area contributed by atoms with Crippen molar-refractivity contribution < 1.29 is 9.85 Å². The molecule has 0 aliphatic carbocycles. The first-order valence-electron chi connectivity index (χ1n) is 8.67. The van der Waals surface area contributed by atoms with Crippen molar-refractivity contribution in [3.8, 4) is 0 Å². The fraction of sp³-hybridized carbons (Fsp3) is 0.150. The van der Waals surface area contributed by atoms with Crippen molar-refractivity contribution in [1.82, 2.24) is 4.98 Å². The maximum Gasteiger partial charge on any atom is 0.269 e. The quantitative estimate of drug-likeness (QED) is 0.371. The van der Waals surface area contributed by atoms with E-state index in [0.717, 1.165) is 17.1 Å². The van der Waals surface area contributed by atoms with E-state index in [0.29, 0.717) is 12.2 Å². The summed E-state index contributed by atoms with van der Waals surface area (Å²) in [6.07, 6.45) is 0. The van der Waals surface area contributed by atoms with Crippen LogP contribution < -0.4 is 11.1 Å². The number of nitro benzene ring substituents is 2. The molecule has 0 spiro atoms. The Morgan fingerprint density at radius 3 is 1.90 bits per heavy atom. The van der Waals surface area contributed by atoms with Gasteiger partial charge in [-0.05, 0) is 55.8 Å². The maximum absolute atomic E-state index is 10.5. The molecule has 0 bridgehead atoms. The van der Waals surface area contributed by atoms with Crippen molar-refractivity contribution in [1.29, 1.82) is 0 Å². The zero-order chi connectivity index (χ0) is 21.4. The molecule has 0 saturated carbocycles. The monoisotopic (exact) mass is 395 g/mol. The number of hydrogen-bond acceptors (Lipinski definition) is 7. The minimum absolute atomic E-state index is 0.0641. The largest absolute Gasteiger partial charge is 0.399 e. The first-order chi connectivity index (χ1) is 13.7. The molecule has 3 aromatic rings. The molecule has 9 heteroatoms. The van der Waals surface area contributed by atoms with Gasteiger partial charge in [0.1, 0.15) is 0 Å². The normalized spacial score (nSPS) is 9.86. The molecule has 0 saturated heterocycles. The highest BCUT2D eigenvalue weighted by atomic mass is 16.6. The van der Waals surface area contributed by atoms with Crippen LogP contribution in [0.1, 0.15) is 17.0 Å². The predicted octanol–water partition coefficient (Wildman–Crippen LogP) is 4.40. The topological polar surface area (TPSA) is 137 Å². The van der Waals surface area contributed by atoms with Gasteiger partial charge in [-0.15, -0.1) is 0 Å². The molecule has 0 fully saturated rings. The number of nitrogen functional groups attached to an aromatic ring is 1. The van der Waals surface area contributed by atoms with E-state index in [4.69, 9.17) is 5.73 Å². The first kappa shape index (κ1) is 21.3. The Bertz CT molecular complexity index is 969. The number of anilines is 2. The van der Waals surface area contributed by atoms with Gasteiger partial charge in [-0.3, -0.25) is 25.2 Å². The molecular formula is C20H21N5O4. The molecule has 1 heterocycles. The second kappa shape index (κ2) is 9.79. The highest BCUT2D eigenvalue weighted by molar-refractivity contribution is 5.48. The summed E-state index contributed by atoms with van der Waals surface area (Å²) < 4.78 is 0. The van der Waals surface area contributed by atoms with Crippen molar-refractivity contribution in [2.75, 3.05) is 11.1 Å². The third-order valence-corrected chi connectivity index (χ3v) is 3.81. The molecule has 1 aromatic heterocycles. The van der Waals surface area contributed by atoms with Crippen LogP contribution in [0, 0.1) is 34.1 Å². The summed E-state index contributed by atoms with van der Waals surface area (Å²) in [4.78, 5) is 24.2. The Hall–Kier alpha value is -4.01. The summed E-state index contributed by atoms with van der Waals surface area (Å²) >= 11 is 0. The lowest BCUT2D eigenvalue weighted by atomic mass is 10.2. The van der Waals surface area contributed by atoms with E-state index in [1.54, 1.807) is 12.1 Å². The predicted molar refractivity (Wildman–Crippen MR) is 112 cm³/mol. The van der Waals surface area contributed by atoms with Crippen LogP contribution in [0.5, 0.6) is 0 Å². The third-order valence-electron chi connectivity index (χ3n) is 3.81. The van der Waals surface area contributed by atoms with Gasteiger partial charge in [-0.25, -0.2) is 0 Å². The van der Waals surface area contributed by atoms with Crippen molar-refractivity contribution in [3.63, 3.8) is 0 Å². The van der Waals surface area contributed by atoms with Crippen molar-refractivity contribution in [2.45, 2.75) is 20.4 Å². The fourth-order valence-electron chi connectivity index (χ4n) is 2.51. The first-order valence-corrected chi connectivity index (χ1v) is 8.67. The van der Waals surface area contributed by atoms with Gasteiger partial charge in [0.2, 0.25) is 0 Å². The second-order valence-electron chi connectivity index (χ2n) is 6.28. The minimum Gasteiger partial charge on any atom is -0.399 e. The summed E-state index contributed by atoms with van der Waals surface area (Å²) in [6.45, 7) is 4.59. The van der Waals surface area contributed by atoms with Gasteiger partial charge in [0.05, 0.1) is 22.1 Å². The van der Waals surface area contributed by atoms with E-state index in [2.05, 4.69) is 10.3 Å². The molecule has 3 rings (SSSR count). The van der Waals surface area contributed by atoms with E-state index in [1.807, 2.05) is 26.0 Å². The summed E-state index contributed by atoms with van der Waals surface area (Å²) in [5.41, 5.74) is 9.95. The van der Waals surface area contributed by atoms with Crippen LogP contribution in [0.25, 0.3) is 0 Å². The third kappa shape index (κ3) is 6.90. The zero-order valence-electron chi connectivity index (χ0n) is 16.0. The number of non-ortho nitro benzene ring substituents is 2. The Morgan fingerprint density at radius 1 is 0.897 bits per heavy atom. The minimum atomic E-state index is -0.459. The summed E-state index contributed by atoms with van der Waals surface area (Å²) in [5.74, 6) is 0. The van der Waals surface area contributed by atoms with Crippen LogP contribution in [0.4, 0.5) is 22.7 Å². The fourth-order valence-corrected chi connectivity index (χ4v) is 2.51. The van der Waals surface area contributed by atoms with Crippen LogP contribution in [-0.4, -0.2) is 14.8 Å². The number of benzene rings is 2. The van der Waals surface area contributed by atoms with Crippen LogP contribution in [0.3, 0.4) is 0 Å². The molecule has 0 aliphatic heterocycles. The van der Waals surface area contributed by atoms with Gasteiger partial charge in [0.25, 0.3) is 11.4 Å². The number of rotatable bonds is 5. The number of aromatic nitrogens is 1. The number of hydrogen-bond donors (Lipinski definition) is 2. The van der Waals surface area contributed by atoms with E-state index < -0.39 is 9.85 Å². The van der Waals surface area contributed by atoms with Crippen molar-refractivity contribution in [3.05, 3.63) is 97.8 Å². The van der Waals surface area contributed by atoms with Crippen molar-refractivity contribution >= 4 is 22.7 Å². The Labute approximate surface area is 167 Å². The molecule has 0 atom stereocenters. The van der Waals surface area contributed by atoms with E-state index >= 15 is 0 Å². The smallest absolute Gasteiger partial charge is 0.269 e. The van der Waals surface area contributed by atoms with Crippen LogP contribution in [0.2, 0.25) is 0 Å². The Kier molecular flexibility index (Phi) is 7.19. The number of aryl methyl sites for hydroxylation is 2. The van der Waals surface area contributed by atoms with Gasteiger partial charge in [0, 0.05) is 41.3 Å². The number of nitrogens with two attached hydrogens (primary N) is 1. The van der Waals surface area contributed by atoms with E-state index in [9.17, 15) is 20.2 Å². The Morgan fingerprint density at radius 2 is 1.41 bits per heavy atom. The lowest BCUT2D eigenvalue weighted by Crippen LogP contribution is -2.03. The standard InChI is InChI=1S/C14H15N3O2.C6H6N2O2/c1-10-7-11(2)16-13(8-10)9-15-12-3-5-14(6-4-12)17(18)19;7-5-1-3-6(4-2-5)8(9)10/h3-8,15H,9H2,1-2H3;1-4H,7H2. The summed E-state index contributed by atoms with van der Waals surface area (Å²) in [6, 6.07) is 16.1. The van der Waals surface area contributed by atoms with Crippen molar-refractivity contribution in [2.24, 2.45) is 0 Å². The van der Waals surface area contributed by atoms with Gasteiger partial charge >= 0.3 is 0 Å². The van der Waals surface area contributed by atoms with Gasteiger partial charge < -0.3 is 11.1 Å². The van der Waals surface area contributed by atoms with Gasteiger partial charge in [-0.1, -0.05) is 0 Å². The maximum atomic E-state index is 10.5. The molecule has 9 nitrogen and oxygen atoms in total. The van der Waals surface area contributed by atoms with Crippen LogP contribution >= 0.6 is 0 Å². The Balaban J connectivity index is 0.000000253.